The maximum absolute atomic E-state index is 12.8. The third-order valence-electron chi connectivity index (χ3n) is 5.60. The highest BCUT2D eigenvalue weighted by atomic mass is 19.4. The van der Waals surface area contributed by atoms with Crippen molar-refractivity contribution >= 4 is 12.1 Å². The molecule has 4 rings (SSSR count). The molecule has 1 unspecified atom stereocenters. The number of aromatic nitrogens is 2. The van der Waals surface area contributed by atoms with Gasteiger partial charge >= 0.3 is 18.2 Å². The summed E-state index contributed by atoms with van der Waals surface area (Å²) in [6, 6.07) is 16.2. The second-order valence-corrected chi connectivity index (χ2v) is 7.98. The van der Waals surface area contributed by atoms with Gasteiger partial charge in [-0.1, -0.05) is 48.5 Å². The van der Waals surface area contributed by atoms with Crippen molar-refractivity contribution in [1.82, 2.24) is 15.1 Å². The van der Waals surface area contributed by atoms with Crippen LogP contribution in [0.15, 0.2) is 60.8 Å². The maximum Gasteiger partial charge on any atom is 0.435 e. The lowest BCUT2D eigenvalue weighted by atomic mass is 9.98. The van der Waals surface area contributed by atoms with Gasteiger partial charge in [0.05, 0.1) is 6.54 Å². The minimum Gasteiger partial charge on any atom is -0.479 e. The number of nitrogens with one attached hydrogen (secondary N) is 1. The van der Waals surface area contributed by atoms with Crippen LogP contribution in [0.3, 0.4) is 0 Å². The largest absolute Gasteiger partial charge is 0.479 e. The molecule has 1 atom stereocenters. The number of nitrogens with zero attached hydrogens (tertiary/aromatic N) is 2. The molecule has 1 aliphatic carbocycles. The fourth-order valence-electron chi connectivity index (χ4n) is 3.95. The van der Waals surface area contributed by atoms with E-state index in [0.29, 0.717) is 0 Å². The average Bonchev–Trinajstić information content (AvgIpc) is 3.35. The van der Waals surface area contributed by atoms with Crippen LogP contribution in [-0.4, -0.2) is 39.1 Å². The van der Waals surface area contributed by atoms with Crippen molar-refractivity contribution in [1.29, 1.82) is 0 Å². The molecule has 10 heteroatoms. The van der Waals surface area contributed by atoms with E-state index in [9.17, 15) is 27.9 Å². The van der Waals surface area contributed by atoms with Gasteiger partial charge in [-0.25, -0.2) is 9.59 Å². The lowest BCUT2D eigenvalue weighted by Crippen LogP contribution is -2.55. The van der Waals surface area contributed by atoms with E-state index in [0.717, 1.165) is 39.2 Å². The van der Waals surface area contributed by atoms with E-state index in [1.54, 1.807) is 0 Å². The van der Waals surface area contributed by atoms with Crippen LogP contribution in [-0.2, 0) is 22.3 Å². The number of hydrogen-bond acceptors (Lipinski definition) is 4. The van der Waals surface area contributed by atoms with E-state index in [1.165, 1.54) is 6.92 Å². The number of aliphatic carboxylic acids is 1. The summed E-state index contributed by atoms with van der Waals surface area (Å²) < 4.78 is 44.5. The Morgan fingerprint density at radius 2 is 1.64 bits per heavy atom. The van der Waals surface area contributed by atoms with Crippen LogP contribution in [0.1, 0.15) is 29.7 Å². The summed E-state index contributed by atoms with van der Waals surface area (Å²) in [5.74, 6) is -1.67. The Morgan fingerprint density at radius 1 is 1.06 bits per heavy atom. The van der Waals surface area contributed by atoms with E-state index < -0.39 is 36.0 Å². The van der Waals surface area contributed by atoms with Crippen molar-refractivity contribution in [2.45, 2.75) is 31.1 Å². The minimum atomic E-state index is -4.66. The lowest BCUT2D eigenvalue weighted by Gasteiger charge is -2.26. The van der Waals surface area contributed by atoms with Crippen LogP contribution < -0.4 is 5.32 Å². The Hall–Kier alpha value is -3.82. The number of ether oxygens (including phenoxy) is 1. The summed E-state index contributed by atoms with van der Waals surface area (Å²) in [5.41, 5.74) is 0.953. The van der Waals surface area contributed by atoms with Crippen molar-refractivity contribution < 1.29 is 32.6 Å². The number of carbonyl (C=O) groups is 2. The standard InChI is InChI=1S/C23H20F3N3O4/c1-22(20(30)31,13-29-11-10-19(28-29)23(24,25)26)27-21(32)33-12-18-16-8-4-2-6-14(16)15-7-3-5-9-17(15)18/h2-11,18H,12-13H2,1H3,(H,27,32)(H,30,31). The van der Waals surface area contributed by atoms with E-state index in [1.807, 2.05) is 48.5 Å². The molecule has 7 nitrogen and oxygen atoms in total. The summed E-state index contributed by atoms with van der Waals surface area (Å²) >= 11 is 0. The molecular weight excluding hydrogens is 439 g/mol. The SMILES string of the molecule is CC(Cn1ccc(C(F)(F)F)n1)(NC(=O)OCC1c2ccccc2-c2ccccc21)C(=O)O. The molecular formula is C23H20F3N3O4. The molecule has 3 aromatic rings. The van der Waals surface area contributed by atoms with Crippen molar-refractivity contribution in [3.8, 4) is 11.1 Å². The molecule has 0 saturated heterocycles. The highest BCUT2D eigenvalue weighted by molar-refractivity contribution is 5.84. The first kappa shape index (κ1) is 22.4. The Balaban J connectivity index is 1.46. The van der Waals surface area contributed by atoms with Gasteiger partial charge in [0.2, 0.25) is 0 Å². The smallest absolute Gasteiger partial charge is 0.435 e. The van der Waals surface area contributed by atoms with E-state index in [-0.39, 0.29) is 12.5 Å². The Labute approximate surface area is 186 Å². The quantitative estimate of drug-likeness (QED) is 0.574. The van der Waals surface area contributed by atoms with Gasteiger partial charge in [-0.3, -0.25) is 4.68 Å². The zero-order chi connectivity index (χ0) is 23.8. The number of carbonyl (C=O) groups excluding carboxylic acids is 1. The van der Waals surface area contributed by atoms with Crippen LogP contribution in [0.25, 0.3) is 11.1 Å². The second kappa shape index (κ2) is 8.27. The van der Waals surface area contributed by atoms with Crippen molar-refractivity contribution in [3.63, 3.8) is 0 Å². The molecule has 0 spiro atoms. The zero-order valence-corrected chi connectivity index (χ0v) is 17.5. The van der Waals surface area contributed by atoms with E-state index in [4.69, 9.17) is 4.74 Å². The van der Waals surface area contributed by atoms with Crippen LogP contribution >= 0.6 is 0 Å². The van der Waals surface area contributed by atoms with E-state index in [2.05, 4.69) is 10.4 Å². The number of amides is 1. The van der Waals surface area contributed by atoms with Gasteiger partial charge in [-0.15, -0.1) is 0 Å². The van der Waals surface area contributed by atoms with Gasteiger partial charge in [0.15, 0.2) is 11.2 Å². The highest BCUT2D eigenvalue weighted by Gasteiger charge is 2.39. The van der Waals surface area contributed by atoms with Gasteiger partial charge in [-0.2, -0.15) is 18.3 Å². The Bertz CT molecular complexity index is 1160. The second-order valence-electron chi connectivity index (χ2n) is 7.98. The predicted octanol–water partition coefficient (Wildman–Crippen LogP) is 4.28. The predicted molar refractivity (Wildman–Crippen MR) is 111 cm³/mol. The number of rotatable bonds is 6. The molecule has 1 aromatic heterocycles. The molecule has 1 aliphatic rings. The molecule has 2 N–H and O–H groups in total. The highest BCUT2D eigenvalue weighted by Crippen LogP contribution is 2.44. The van der Waals surface area contributed by atoms with Crippen molar-refractivity contribution in [2.24, 2.45) is 0 Å². The van der Waals surface area contributed by atoms with Gasteiger partial charge < -0.3 is 15.2 Å². The first-order valence-corrected chi connectivity index (χ1v) is 10.1. The van der Waals surface area contributed by atoms with Crippen LogP contribution in [0.5, 0.6) is 0 Å². The number of carboxylic acid groups (broad SMARTS) is 1. The normalized spacial score (nSPS) is 14.8. The van der Waals surface area contributed by atoms with Crippen molar-refractivity contribution in [3.05, 3.63) is 77.6 Å². The van der Waals surface area contributed by atoms with Crippen LogP contribution in [0.4, 0.5) is 18.0 Å². The molecule has 0 radical (unpaired) electrons. The van der Waals surface area contributed by atoms with Gasteiger partial charge in [0.1, 0.15) is 6.61 Å². The Morgan fingerprint density at radius 3 is 2.15 bits per heavy atom. The topological polar surface area (TPSA) is 93.5 Å². The zero-order valence-electron chi connectivity index (χ0n) is 17.5. The fraction of sp³-hybridized carbons (Fsp3) is 0.261. The molecule has 172 valence electrons. The number of carboxylic acids is 1. The van der Waals surface area contributed by atoms with Crippen LogP contribution in [0, 0.1) is 0 Å². The third-order valence-corrected chi connectivity index (χ3v) is 5.60. The van der Waals surface area contributed by atoms with Gasteiger partial charge in [0.25, 0.3) is 0 Å². The molecule has 0 fully saturated rings. The number of halogens is 3. The number of benzene rings is 2. The third kappa shape index (κ3) is 4.41. The van der Waals surface area contributed by atoms with Gasteiger partial charge in [-0.05, 0) is 35.2 Å². The minimum absolute atomic E-state index is 0.0322. The number of alkyl carbamates (subject to hydrolysis) is 1. The van der Waals surface area contributed by atoms with Gasteiger partial charge in [0, 0.05) is 12.1 Å². The number of fused-ring (bicyclic) bond motifs is 3. The summed E-state index contributed by atoms with van der Waals surface area (Å²) in [5, 5.41) is 15.2. The summed E-state index contributed by atoms with van der Waals surface area (Å²) in [7, 11) is 0. The first-order chi connectivity index (χ1) is 15.6. The van der Waals surface area contributed by atoms with Crippen molar-refractivity contribution in [2.75, 3.05) is 6.61 Å². The molecule has 1 amide bonds. The lowest BCUT2D eigenvalue weighted by molar-refractivity contribution is -0.144. The molecule has 1 heterocycles. The summed E-state index contributed by atoms with van der Waals surface area (Å²) in [6.45, 7) is 0.615. The first-order valence-electron chi connectivity index (χ1n) is 10.1. The average molecular weight is 459 g/mol. The molecule has 0 saturated carbocycles. The number of alkyl halides is 3. The Kier molecular flexibility index (Phi) is 5.61. The molecule has 33 heavy (non-hydrogen) atoms. The molecule has 0 bridgehead atoms. The molecule has 2 aromatic carbocycles. The molecule has 0 aliphatic heterocycles. The fourth-order valence-corrected chi connectivity index (χ4v) is 3.95. The van der Waals surface area contributed by atoms with E-state index >= 15 is 0 Å². The maximum atomic E-state index is 12.8. The number of hydrogen-bond donors (Lipinski definition) is 2. The summed E-state index contributed by atoms with van der Waals surface area (Å²) in [4.78, 5) is 24.3. The summed E-state index contributed by atoms with van der Waals surface area (Å²) in [6.07, 6.45) is -4.65. The monoisotopic (exact) mass is 459 g/mol. The van der Waals surface area contributed by atoms with Crippen LogP contribution in [0.2, 0.25) is 0 Å².